The highest BCUT2D eigenvalue weighted by atomic mass is 16.8. The number of benzene rings is 3. The summed E-state index contributed by atoms with van der Waals surface area (Å²) in [5.74, 6) is 0.171. The number of hydrogen-bond donors (Lipinski definition) is 1. The highest BCUT2D eigenvalue weighted by Gasteiger charge is 2.56. The van der Waals surface area contributed by atoms with Gasteiger partial charge < -0.3 is 19.0 Å². The number of carboxylic acids is 1. The average Bonchev–Trinajstić information content (AvgIpc) is 3.42. The van der Waals surface area contributed by atoms with E-state index in [0.29, 0.717) is 23.8 Å². The summed E-state index contributed by atoms with van der Waals surface area (Å²) in [7, 11) is 1.54. The van der Waals surface area contributed by atoms with Gasteiger partial charge in [-0.25, -0.2) is 9.78 Å². The van der Waals surface area contributed by atoms with Crippen LogP contribution in [0.3, 0.4) is 0 Å². The fraction of sp³-hybridized carbons (Fsp3) is 0.207. The number of aliphatic carboxylic acids is 1. The zero-order valence-electron chi connectivity index (χ0n) is 20.8. The maximum atomic E-state index is 13.7. The minimum Gasteiger partial charge on any atom is -0.497 e. The van der Waals surface area contributed by atoms with Crippen molar-refractivity contribution in [2.24, 2.45) is 0 Å². The van der Waals surface area contributed by atoms with Crippen LogP contribution in [0.5, 0.6) is 11.5 Å². The molecule has 0 bridgehead atoms. The van der Waals surface area contributed by atoms with Gasteiger partial charge >= 0.3 is 12.1 Å². The van der Waals surface area contributed by atoms with E-state index in [1.807, 2.05) is 54.6 Å². The van der Waals surface area contributed by atoms with Crippen LogP contribution in [0.1, 0.15) is 16.8 Å². The smallest absolute Gasteiger partial charge is 0.497 e. The van der Waals surface area contributed by atoms with Gasteiger partial charge in [0.25, 0.3) is 0 Å². The number of hydrogen-bond acceptors (Lipinski definition) is 7. The number of ether oxygens (including phenoxy) is 2. The Morgan fingerprint density at radius 1 is 0.974 bits per heavy atom. The quantitative estimate of drug-likeness (QED) is 0.325. The molecule has 1 aromatic heterocycles. The number of rotatable bonds is 8. The summed E-state index contributed by atoms with van der Waals surface area (Å²) < 4.78 is 15.6. The minimum absolute atomic E-state index is 0.0101. The van der Waals surface area contributed by atoms with Gasteiger partial charge in [-0.1, -0.05) is 47.1 Å². The van der Waals surface area contributed by atoms with Crippen LogP contribution >= 0.6 is 0 Å². The molecule has 1 N–H and O–H groups in total. The van der Waals surface area contributed by atoms with E-state index in [1.54, 1.807) is 24.3 Å². The number of oxazole rings is 1. The molecule has 4 aromatic rings. The predicted octanol–water partition coefficient (Wildman–Crippen LogP) is 5.05. The van der Waals surface area contributed by atoms with E-state index >= 15 is 0 Å². The number of carbonyl (C=O) groups is 2. The van der Waals surface area contributed by atoms with Crippen molar-refractivity contribution in [1.29, 1.82) is 0 Å². The summed E-state index contributed by atoms with van der Waals surface area (Å²) in [5.41, 5.74) is 3.14. The Morgan fingerprint density at radius 3 is 2.37 bits per heavy atom. The second-order valence-electron chi connectivity index (χ2n) is 8.92. The van der Waals surface area contributed by atoms with Crippen LogP contribution in [0.15, 0.2) is 89.5 Å². The van der Waals surface area contributed by atoms with Crippen molar-refractivity contribution in [2.75, 3.05) is 13.7 Å². The molecular weight excluding hydrogens is 488 g/mol. The molecular formula is C29H27N2O7+. The molecule has 0 aliphatic carbocycles. The Bertz CT molecular complexity index is 1420. The maximum Gasteiger partial charge on any atom is 0.556 e. The van der Waals surface area contributed by atoms with Crippen LogP contribution in [-0.4, -0.2) is 46.6 Å². The summed E-state index contributed by atoms with van der Waals surface area (Å²) in [6.45, 7) is 0.0284. The lowest BCUT2D eigenvalue weighted by Crippen LogP contribution is -2.65. The van der Waals surface area contributed by atoms with E-state index < -0.39 is 22.8 Å². The van der Waals surface area contributed by atoms with Crippen LogP contribution < -0.4 is 9.47 Å². The molecule has 2 atom stereocenters. The molecule has 9 heteroatoms. The molecule has 2 heterocycles. The molecule has 1 aliphatic heterocycles. The topological polar surface area (TPSA) is 108 Å². The maximum absolute atomic E-state index is 13.7. The van der Waals surface area contributed by atoms with Gasteiger partial charge in [-0.15, -0.1) is 0 Å². The second kappa shape index (κ2) is 10.9. The van der Waals surface area contributed by atoms with Crippen molar-refractivity contribution in [2.45, 2.75) is 25.4 Å². The van der Waals surface area contributed by atoms with Crippen LogP contribution in [-0.2, 0) is 29.0 Å². The zero-order chi connectivity index (χ0) is 26.5. The molecule has 2 unspecified atom stereocenters. The summed E-state index contributed by atoms with van der Waals surface area (Å²) >= 11 is 0. The first kappa shape index (κ1) is 25.2. The van der Waals surface area contributed by atoms with Crippen molar-refractivity contribution < 1.29 is 38.1 Å². The summed E-state index contributed by atoms with van der Waals surface area (Å²) in [6.07, 6.45) is 1.14. The zero-order valence-corrected chi connectivity index (χ0v) is 20.8. The van der Waals surface area contributed by atoms with Crippen molar-refractivity contribution in [3.05, 3.63) is 102 Å². The van der Waals surface area contributed by atoms with E-state index in [9.17, 15) is 14.7 Å². The number of fused-ring (bicyclic) bond motifs is 1. The normalized spacial score (nSPS) is 18.4. The van der Waals surface area contributed by atoms with Crippen LogP contribution in [0.2, 0.25) is 0 Å². The lowest BCUT2D eigenvalue weighted by atomic mass is 9.94. The van der Waals surface area contributed by atoms with E-state index in [2.05, 4.69) is 4.98 Å². The molecule has 0 radical (unpaired) electrons. The first-order valence-electron chi connectivity index (χ1n) is 12.2. The number of aromatic nitrogens is 1. The van der Waals surface area contributed by atoms with Gasteiger partial charge in [-0.2, -0.15) is 9.63 Å². The molecule has 0 spiro atoms. The van der Waals surface area contributed by atoms with E-state index in [4.69, 9.17) is 18.7 Å². The Kier molecular flexibility index (Phi) is 7.21. The molecule has 0 saturated heterocycles. The molecule has 1 amide bonds. The highest BCUT2D eigenvalue weighted by molar-refractivity contribution is 5.76. The third-order valence-corrected chi connectivity index (χ3v) is 6.55. The number of carboxylic acid groups (broad SMARTS) is 1. The minimum atomic E-state index is -1.20. The SMILES string of the molecule is COc1ccc(OC(=O)[N+]2(OCCc3coc(-c4ccccc4)n3)Cc3ccccc3CC2C(=O)O)cc1. The first-order valence-corrected chi connectivity index (χ1v) is 12.2. The number of methoxy groups -OCH3 is 1. The molecule has 38 heavy (non-hydrogen) atoms. The Morgan fingerprint density at radius 2 is 1.66 bits per heavy atom. The van der Waals surface area contributed by atoms with Gasteiger partial charge in [0.2, 0.25) is 11.9 Å². The number of amides is 1. The lowest BCUT2D eigenvalue weighted by Gasteiger charge is -2.39. The van der Waals surface area contributed by atoms with Gasteiger partial charge in [0, 0.05) is 24.0 Å². The lowest BCUT2D eigenvalue weighted by molar-refractivity contribution is -1.07. The molecule has 194 valence electrons. The Balaban J connectivity index is 1.40. The summed E-state index contributed by atoms with van der Waals surface area (Å²) in [6, 6.07) is 22.2. The van der Waals surface area contributed by atoms with E-state index in [-0.39, 0.29) is 25.3 Å². The molecule has 9 nitrogen and oxygen atoms in total. The van der Waals surface area contributed by atoms with Gasteiger partial charge in [0.05, 0.1) is 12.8 Å². The Labute approximate surface area is 219 Å². The van der Waals surface area contributed by atoms with Crippen LogP contribution in [0, 0.1) is 0 Å². The molecule has 1 aliphatic rings. The van der Waals surface area contributed by atoms with E-state index in [1.165, 1.54) is 13.4 Å². The van der Waals surface area contributed by atoms with Crippen LogP contribution in [0.25, 0.3) is 11.5 Å². The first-order chi connectivity index (χ1) is 18.5. The largest absolute Gasteiger partial charge is 0.556 e. The molecule has 5 rings (SSSR count). The molecule has 0 saturated carbocycles. The fourth-order valence-corrected chi connectivity index (χ4v) is 4.55. The van der Waals surface area contributed by atoms with Crippen molar-refractivity contribution in [1.82, 2.24) is 4.98 Å². The van der Waals surface area contributed by atoms with Gasteiger partial charge in [0.1, 0.15) is 30.9 Å². The van der Waals surface area contributed by atoms with E-state index in [0.717, 1.165) is 16.7 Å². The number of hydroxylamine groups is 3. The van der Waals surface area contributed by atoms with Crippen molar-refractivity contribution >= 4 is 12.1 Å². The number of carbonyl (C=O) groups excluding carboxylic acids is 1. The number of nitrogens with zero attached hydrogens (tertiary/aromatic N) is 2. The van der Waals surface area contributed by atoms with Crippen LogP contribution in [0.4, 0.5) is 4.79 Å². The third-order valence-electron chi connectivity index (χ3n) is 6.55. The monoisotopic (exact) mass is 515 g/mol. The second-order valence-corrected chi connectivity index (χ2v) is 8.92. The predicted molar refractivity (Wildman–Crippen MR) is 136 cm³/mol. The summed E-state index contributed by atoms with van der Waals surface area (Å²) in [4.78, 5) is 36.8. The van der Waals surface area contributed by atoms with Crippen molar-refractivity contribution in [3.8, 4) is 23.0 Å². The molecule has 3 aromatic carbocycles. The standard InChI is InChI=1S/C29H26N2O7/c1-35-24-11-13-25(14-12-24)38-29(34)31(18-22-10-6-5-9-21(22)17-26(31)28(32)33)37-16-15-23-19-36-27(30-23)20-7-3-2-4-8-20/h2-14,19,26H,15-18H2,1H3/p+1. The van der Waals surface area contributed by atoms with Crippen molar-refractivity contribution in [3.63, 3.8) is 0 Å². The Hall–Kier alpha value is -4.47. The van der Waals surface area contributed by atoms with Gasteiger partial charge in [0.15, 0.2) is 0 Å². The summed E-state index contributed by atoms with van der Waals surface area (Å²) in [5, 5.41) is 10.2. The van der Waals surface area contributed by atoms with Gasteiger partial charge in [-0.05, 0) is 42.0 Å². The molecule has 0 fully saturated rings. The average molecular weight is 516 g/mol. The highest BCUT2D eigenvalue weighted by Crippen LogP contribution is 2.33. The third kappa shape index (κ3) is 5.15. The number of quaternary nitrogens is 1. The van der Waals surface area contributed by atoms with Gasteiger partial charge in [-0.3, -0.25) is 0 Å². The fourth-order valence-electron chi connectivity index (χ4n) is 4.55.